The Kier molecular flexibility index (Phi) is 4.93. The van der Waals surface area contributed by atoms with Crippen LogP contribution in [0.15, 0.2) is 17.2 Å². The van der Waals surface area contributed by atoms with E-state index in [0.717, 1.165) is 19.1 Å². The molecule has 2 heterocycles. The Morgan fingerprint density at radius 2 is 1.83 bits per heavy atom. The molecule has 1 aromatic heterocycles. The lowest BCUT2D eigenvalue weighted by Gasteiger charge is -2.38. The van der Waals surface area contributed by atoms with Gasteiger partial charge < -0.3 is 4.90 Å². The molecule has 2 rings (SSSR count). The van der Waals surface area contributed by atoms with Gasteiger partial charge in [0.05, 0.1) is 0 Å². The lowest BCUT2D eigenvalue weighted by molar-refractivity contribution is 0.127. The number of carbonyl (C=O) groups is 1. The average molecular weight is 340 g/mol. The summed E-state index contributed by atoms with van der Waals surface area (Å²) in [5, 5.41) is 9.92. The number of hydrogen-bond donors (Lipinski definition) is 1. The fraction of sp³-hybridized carbons (Fsp3) is 0.667. The number of likely N-dealkylation sites (tertiary alicyclic amines) is 1. The van der Waals surface area contributed by atoms with E-state index in [2.05, 4.69) is 36.3 Å². The van der Waals surface area contributed by atoms with E-state index in [1.54, 1.807) is 4.90 Å². The first-order valence-electron chi connectivity index (χ1n) is 7.67. The maximum Gasteiger partial charge on any atom is 0.323 e. The van der Waals surface area contributed by atoms with Crippen LogP contribution in [0.4, 0.5) is 10.6 Å². The fourth-order valence-corrected chi connectivity index (χ4v) is 3.23. The number of aromatic nitrogens is 2. The van der Waals surface area contributed by atoms with Crippen molar-refractivity contribution in [2.24, 2.45) is 11.3 Å². The molecular weight excluding hydrogens is 316 g/mol. The van der Waals surface area contributed by atoms with Gasteiger partial charge in [-0.2, -0.15) is 0 Å². The van der Waals surface area contributed by atoms with Crippen LogP contribution in [0.1, 0.15) is 33.6 Å². The summed E-state index contributed by atoms with van der Waals surface area (Å²) in [7, 11) is -3.39. The van der Waals surface area contributed by atoms with Crippen molar-refractivity contribution in [2.75, 3.05) is 24.7 Å². The van der Waals surface area contributed by atoms with Gasteiger partial charge in [0.2, 0.25) is 0 Å². The van der Waals surface area contributed by atoms with Crippen molar-refractivity contribution in [2.45, 2.75) is 38.6 Å². The molecule has 0 bridgehead atoms. The van der Waals surface area contributed by atoms with Crippen LogP contribution in [-0.4, -0.2) is 48.9 Å². The summed E-state index contributed by atoms with van der Waals surface area (Å²) in [6.07, 6.45) is 3.03. The van der Waals surface area contributed by atoms with Gasteiger partial charge >= 0.3 is 6.03 Å². The van der Waals surface area contributed by atoms with Crippen LogP contribution < -0.4 is 5.32 Å². The summed E-state index contributed by atoms with van der Waals surface area (Å²) in [5.41, 5.74) is 0.259. The molecule has 0 radical (unpaired) electrons. The second-order valence-electron chi connectivity index (χ2n) is 7.09. The number of urea groups is 1. The van der Waals surface area contributed by atoms with Gasteiger partial charge in [-0.1, -0.05) is 20.8 Å². The number of carbonyl (C=O) groups excluding carboxylic acids is 1. The highest BCUT2D eigenvalue weighted by Crippen LogP contribution is 2.34. The van der Waals surface area contributed by atoms with Crippen molar-refractivity contribution in [3.8, 4) is 0 Å². The van der Waals surface area contributed by atoms with E-state index in [4.69, 9.17) is 0 Å². The van der Waals surface area contributed by atoms with Gasteiger partial charge in [-0.3, -0.25) is 5.32 Å². The topological polar surface area (TPSA) is 92.3 Å². The van der Waals surface area contributed by atoms with Crippen LogP contribution in [0.3, 0.4) is 0 Å². The molecule has 0 atom stereocenters. The van der Waals surface area contributed by atoms with Crippen LogP contribution in [0.25, 0.3) is 0 Å². The molecule has 7 nitrogen and oxygen atoms in total. The Labute approximate surface area is 137 Å². The molecule has 1 aromatic rings. The van der Waals surface area contributed by atoms with Gasteiger partial charge in [-0.15, -0.1) is 10.2 Å². The number of sulfone groups is 1. The molecule has 2 amide bonds. The fourth-order valence-electron chi connectivity index (χ4n) is 2.72. The number of rotatable bonds is 2. The molecular formula is C15H24N4O3S. The number of nitrogens with zero attached hydrogens (tertiary/aromatic N) is 3. The second kappa shape index (κ2) is 6.43. The quantitative estimate of drug-likeness (QED) is 0.891. The maximum atomic E-state index is 12.2. The van der Waals surface area contributed by atoms with Crippen molar-refractivity contribution < 1.29 is 13.2 Å². The lowest BCUT2D eigenvalue weighted by Crippen LogP contribution is -2.43. The standard InChI is InChI=1S/C15H24N4O3S/c1-15(2,3)11-7-9-19(10-8-11)14(20)16-12-5-6-13(18-17-12)23(4,21)22/h5-6,11H,7-10H2,1-4H3,(H,16,17,20). The Bertz CT molecular complexity index is 657. The summed E-state index contributed by atoms with van der Waals surface area (Å²) in [5.74, 6) is 0.862. The van der Waals surface area contributed by atoms with Crippen LogP contribution >= 0.6 is 0 Å². The van der Waals surface area contributed by atoms with Crippen LogP contribution in [0.2, 0.25) is 0 Å². The molecule has 0 unspecified atom stereocenters. The molecule has 0 spiro atoms. The third kappa shape index (κ3) is 4.63. The second-order valence-corrected chi connectivity index (χ2v) is 9.05. The number of anilines is 1. The molecule has 1 aliphatic heterocycles. The van der Waals surface area contributed by atoms with Gasteiger partial charge in [-0.25, -0.2) is 13.2 Å². The van der Waals surface area contributed by atoms with Crippen molar-refractivity contribution >= 4 is 21.7 Å². The number of hydrogen-bond acceptors (Lipinski definition) is 5. The van der Waals surface area contributed by atoms with Gasteiger partial charge in [0.15, 0.2) is 20.7 Å². The van der Waals surface area contributed by atoms with Crippen molar-refractivity contribution in [1.82, 2.24) is 15.1 Å². The third-order valence-corrected chi connectivity index (χ3v) is 5.24. The SMILES string of the molecule is CC(C)(C)C1CCN(C(=O)Nc2ccc(S(C)(=O)=O)nn2)CC1. The predicted molar refractivity (Wildman–Crippen MR) is 87.9 cm³/mol. The maximum absolute atomic E-state index is 12.2. The zero-order chi connectivity index (χ0) is 17.3. The molecule has 8 heteroatoms. The van der Waals surface area contributed by atoms with Crippen molar-refractivity contribution in [3.63, 3.8) is 0 Å². The summed E-state index contributed by atoms with van der Waals surface area (Å²) in [6.45, 7) is 8.11. The molecule has 128 valence electrons. The molecule has 1 fully saturated rings. The highest BCUT2D eigenvalue weighted by Gasteiger charge is 2.30. The van der Waals surface area contributed by atoms with Crippen LogP contribution in [0.5, 0.6) is 0 Å². The number of piperidine rings is 1. The Hall–Kier alpha value is -1.70. The number of amides is 2. The number of nitrogens with one attached hydrogen (secondary N) is 1. The Balaban J connectivity index is 1.93. The lowest BCUT2D eigenvalue weighted by atomic mass is 9.75. The normalized spacial score (nSPS) is 17.1. The summed E-state index contributed by atoms with van der Waals surface area (Å²) >= 11 is 0. The molecule has 0 aromatic carbocycles. The molecule has 23 heavy (non-hydrogen) atoms. The largest absolute Gasteiger partial charge is 0.324 e. The monoisotopic (exact) mass is 340 g/mol. The zero-order valence-electron chi connectivity index (χ0n) is 14.0. The third-order valence-electron chi connectivity index (χ3n) is 4.26. The van der Waals surface area contributed by atoms with Gasteiger partial charge in [0.25, 0.3) is 0 Å². The van der Waals surface area contributed by atoms with Crippen LogP contribution in [-0.2, 0) is 9.84 Å². The zero-order valence-corrected chi connectivity index (χ0v) is 14.9. The van der Waals surface area contributed by atoms with Crippen molar-refractivity contribution in [1.29, 1.82) is 0 Å². The van der Waals surface area contributed by atoms with Gasteiger partial charge in [0.1, 0.15) is 0 Å². The molecule has 0 saturated carbocycles. The predicted octanol–water partition coefficient (Wildman–Crippen LogP) is 2.17. The molecule has 1 aliphatic rings. The Morgan fingerprint density at radius 3 is 2.26 bits per heavy atom. The summed E-state index contributed by atoms with van der Waals surface area (Å²) in [6, 6.07) is 2.56. The van der Waals surface area contributed by atoms with E-state index in [1.807, 2.05) is 0 Å². The van der Waals surface area contributed by atoms with E-state index in [0.29, 0.717) is 19.0 Å². The molecule has 0 aliphatic carbocycles. The minimum absolute atomic E-state index is 0.110. The van der Waals surface area contributed by atoms with E-state index < -0.39 is 9.84 Å². The highest BCUT2D eigenvalue weighted by atomic mass is 32.2. The van der Waals surface area contributed by atoms with Gasteiger partial charge in [0, 0.05) is 19.3 Å². The van der Waals surface area contributed by atoms with E-state index in [1.165, 1.54) is 12.1 Å². The first-order valence-corrected chi connectivity index (χ1v) is 9.56. The van der Waals surface area contributed by atoms with E-state index in [-0.39, 0.29) is 22.3 Å². The molecule has 1 N–H and O–H groups in total. The summed E-state index contributed by atoms with van der Waals surface area (Å²) < 4.78 is 22.7. The van der Waals surface area contributed by atoms with Crippen molar-refractivity contribution in [3.05, 3.63) is 12.1 Å². The summed E-state index contributed by atoms with van der Waals surface area (Å²) in [4.78, 5) is 14.0. The minimum Gasteiger partial charge on any atom is -0.324 e. The van der Waals surface area contributed by atoms with Crippen LogP contribution in [0, 0.1) is 11.3 Å². The van der Waals surface area contributed by atoms with E-state index in [9.17, 15) is 13.2 Å². The first kappa shape index (κ1) is 17.7. The smallest absolute Gasteiger partial charge is 0.323 e. The van der Waals surface area contributed by atoms with Gasteiger partial charge in [-0.05, 0) is 36.3 Å². The Morgan fingerprint density at radius 1 is 1.22 bits per heavy atom. The first-order chi connectivity index (χ1) is 10.6. The average Bonchev–Trinajstić information content (AvgIpc) is 2.46. The minimum atomic E-state index is -3.39. The molecule has 1 saturated heterocycles. The highest BCUT2D eigenvalue weighted by molar-refractivity contribution is 7.90. The van der Waals surface area contributed by atoms with E-state index >= 15 is 0 Å².